The van der Waals surface area contributed by atoms with E-state index in [-0.39, 0.29) is 11.5 Å². The van der Waals surface area contributed by atoms with Crippen molar-refractivity contribution in [2.24, 2.45) is 25.4 Å². The lowest BCUT2D eigenvalue weighted by molar-refractivity contribution is -0.111. The SMILES string of the molecule is Cn1cc(/C=C\C(=O)Nc2cc(C3CCC(C(C)(C)C)CC3)[nH]n2)c(=O)n(C)c1=O. The summed E-state index contributed by atoms with van der Waals surface area (Å²) >= 11 is 0. The van der Waals surface area contributed by atoms with Crippen LogP contribution in [0.5, 0.6) is 0 Å². The fourth-order valence-corrected chi connectivity index (χ4v) is 4.16. The number of amides is 1. The van der Waals surface area contributed by atoms with Crippen LogP contribution in [0.3, 0.4) is 0 Å². The van der Waals surface area contributed by atoms with E-state index in [0.29, 0.717) is 17.2 Å². The summed E-state index contributed by atoms with van der Waals surface area (Å²) in [7, 11) is 2.96. The predicted molar refractivity (Wildman–Crippen MR) is 117 cm³/mol. The van der Waals surface area contributed by atoms with Gasteiger partial charge in [0.2, 0.25) is 5.91 Å². The number of aromatic nitrogens is 4. The summed E-state index contributed by atoms with van der Waals surface area (Å²) in [5, 5.41) is 9.99. The summed E-state index contributed by atoms with van der Waals surface area (Å²) < 4.78 is 2.30. The van der Waals surface area contributed by atoms with Gasteiger partial charge in [-0.3, -0.25) is 19.3 Å². The van der Waals surface area contributed by atoms with Crippen molar-refractivity contribution in [3.05, 3.63) is 50.4 Å². The van der Waals surface area contributed by atoms with Gasteiger partial charge < -0.3 is 9.88 Å². The van der Waals surface area contributed by atoms with Crippen molar-refractivity contribution < 1.29 is 4.79 Å². The Morgan fingerprint density at radius 3 is 2.50 bits per heavy atom. The van der Waals surface area contributed by atoms with Crippen LogP contribution in [-0.4, -0.2) is 25.2 Å². The Morgan fingerprint density at radius 1 is 1.20 bits per heavy atom. The number of H-pyrrole nitrogens is 1. The lowest BCUT2D eigenvalue weighted by Crippen LogP contribution is -2.37. The zero-order valence-electron chi connectivity index (χ0n) is 18.4. The number of hydrogen-bond acceptors (Lipinski definition) is 4. The Bertz CT molecular complexity index is 1060. The number of aryl methyl sites for hydroxylation is 1. The highest BCUT2D eigenvalue weighted by Gasteiger charge is 2.30. The molecule has 0 spiro atoms. The zero-order valence-corrected chi connectivity index (χ0v) is 18.4. The van der Waals surface area contributed by atoms with Crippen LogP contribution in [0.25, 0.3) is 6.08 Å². The predicted octanol–water partition coefficient (Wildman–Crippen LogP) is 2.78. The topological polar surface area (TPSA) is 102 Å². The van der Waals surface area contributed by atoms with Crippen molar-refractivity contribution >= 4 is 17.8 Å². The third-order valence-electron chi connectivity index (χ3n) is 6.13. The summed E-state index contributed by atoms with van der Waals surface area (Å²) in [6, 6.07) is 1.89. The largest absolute Gasteiger partial charge is 0.330 e. The molecule has 1 fully saturated rings. The number of carbonyl (C=O) groups is 1. The van der Waals surface area contributed by atoms with E-state index in [1.807, 2.05) is 6.07 Å². The highest BCUT2D eigenvalue weighted by atomic mass is 16.2. The lowest BCUT2D eigenvalue weighted by Gasteiger charge is -2.36. The second-order valence-corrected chi connectivity index (χ2v) is 9.29. The summed E-state index contributed by atoms with van der Waals surface area (Å²) in [4.78, 5) is 36.1. The van der Waals surface area contributed by atoms with E-state index >= 15 is 0 Å². The van der Waals surface area contributed by atoms with E-state index in [1.165, 1.54) is 42.8 Å². The molecule has 3 rings (SSSR count). The van der Waals surface area contributed by atoms with Crippen LogP contribution in [0, 0.1) is 11.3 Å². The molecular weight excluding hydrogens is 382 g/mol. The minimum atomic E-state index is -0.449. The Balaban J connectivity index is 1.62. The molecule has 1 aliphatic carbocycles. The maximum atomic E-state index is 12.2. The van der Waals surface area contributed by atoms with Crippen molar-refractivity contribution in [3.8, 4) is 0 Å². The molecule has 8 nitrogen and oxygen atoms in total. The smallest absolute Gasteiger partial charge is 0.306 e. The molecule has 2 aromatic heterocycles. The Labute approximate surface area is 176 Å². The molecule has 0 aromatic carbocycles. The third kappa shape index (κ3) is 4.80. The zero-order chi connectivity index (χ0) is 22.1. The van der Waals surface area contributed by atoms with Gasteiger partial charge in [-0.25, -0.2) is 4.79 Å². The first-order valence-electron chi connectivity index (χ1n) is 10.4. The van der Waals surface area contributed by atoms with E-state index in [4.69, 9.17) is 0 Å². The number of aromatic amines is 1. The number of nitrogens with zero attached hydrogens (tertiary/aromatic N) is 3. The molecule has 1 aliphatic rings. The van der Waals surface area contributed by atoms with Gasteiger partial charge in [0.1, 0.15) is 0 Å². The van der Waals surface area contributed by atoms with Gasteiger partial charge in [-0.1, -0.05) is 20.8 Å². The molecule has 0 bridgehead atoms. The van der Waals surface area contributed by atoms with Crippen LogP contribution < -0.4 is 16.6 Å². The molecule has 0 atom stereocenters. The van der Waals surface area contributed by atoms with Gasteiger partial charge in [0.15, 0.2) is 5.82 Å². The molecule has 2 heterocycles. The summed E-state index contributed by atoms with van der Waals surface area (Å²) in [6.45, 7) is 6.92. The highest BCUT2D eigenvalue weighted by Crippen LogP contribution is 2.42. The Hall–Kier alpha value is -2.90. The van der Waals surface area contributed by atoms with Crippen LogP contribution in [0.15, 0.2) is 27.9 Å². The van der Waals surface area contributed by atoms with E-state index in [0.717, 1.165) is 29.0 Å². The molecule has 0 aliphatic heterocycles. The standard InChI is InChI=1S/C22H31N5O3/c1-22(2,3)16-9-6-14(7-10-16)17-12-18(25-24-17)23-19(28)11-8-15-13-26(4)21(30)27(5)20(15)29/h8,11-14,16H,6-7,9-10H2,1-5H3,(H2,23,24,25,28)/b11-8-. The second-order valence-electron chi connectivity index (χ2n) is 9.29. The molecular formula is C22H31N5O3. The maximum Gasteiger partial charge on any atom is 0.330 e. The molecule has 0 saturated heterocycles. The first-order chi connectivity index (χ1) is 14.1. The number of rotatable bonds is 4. The number of nitrogens with one attached hydrogen (secondary N) is 2. The fourth-order valence-electron chi connectivity index (χ4n) is 4.16. The van der Waals surface area contributed by atoms with Gasteiger partial charge in [0.25, 0.3) is 5.56 Å². The Kier molecular flexibility index (Phi) is 6.14. The molecule has 2 aromatic rings. The van der Waals surface area contributed by atoms with Crippen molar-refractivity contribution in [1.82, 2.24) is 19.3 Å². The van der Waals surface area contributed by atoms with Gasteiger partial charge in [-0.05, 0) is 43.1 Å². The van der Waals surface area contributed by atoms with Crippen LogP contribution >= 0.6 is 0 Å². The van der Waals surface area contributed by atoms with Crippen molar-refractivity contribution in [1.29, 1.82) is 0 Å². The minimum Gasteiger partial charge on any atom is -0.306 e. The van der Waals surface area contributed by atoms with Crippen molar-refractivity contribution in [3.63, 3.8) is 0 Å². The number of anilines is 1. The fraction of sp³-hybridized carbons (Fsp3) is 0.545. The van der Waals surface area contributed by atoms with Crippen molar-refractivity contribution in [2.75, 3.05) is 5.32 Å². The number of hydrogen-bond donors (Lipinski definition) is 2. The van der Waals surface area contributed by atoms with E-state index < -0.39 is 11.2 Å². The summed E-state index contributed by atoms with van der Waals surface area (Å²) in [5.74, 6) is 1.25. The monoisotopic (exact) mass is 413 g/mol. The first-order valence-corrected chi connectivity index (χ1v) is 10.4. The lowest BCUT2D eigenvalue weighted by atomic mass is 9.69. The van der Waals surface area contributed by atoms with Crippen molar-refractivity contribution in [2.45, 2.75) is 52.4 Å². The van der Waals surface area contributed by atoms with Gasteiger partial charge in [0, 0.05) is 44.0 Å². The van der Waals surface area contributed by atoms with Crippen LogP contribution in [0.1, 0.15) is 63.6 Å². The van der Waals surface area contributed by atoms with Gasteiger partial charge in [-0.15, -0.1) is 0 Å². The first kappa shape index (κ1) is 21.8. The average Bonchev–Trinajstić information content (AvgIpc) is 3.16. The average molecular weight is 414 g/mol. The molecule has 1 amide bonds. The quantitative estimate of drug-likeness (QED) is 0.753. The Morgan fingerprint density at radius 2 is 1.87 bits per heavy atom. The summed E-state index contributed by atoms with van der Waals surface area (Å²) in [5.41, 5.74) is 0.787. The highest BCUT2D eigenvalue weighted by molar-refractivity contribution is 6.01. The molecule has 0 unspecified atom stereocenters. The molecule has 162 valence electrons. The van der Waals surface area contributed by atoms with Gasteiger partial charge in [0.05, 0.1) is 5.56 Å². The van der Waals surface area contributed by atoms with Gasteiger partial charge in [-0.2, -0.15) is 5.10 Å². The molecule has 2 N–H and O–H groups in total. The summed E-state index contributed by atoms with van der Waals surface area (Å²) in [6.07, 6.45) is 8.72. The molecule has 0 radical (unpaired) electrons. The van der Waals surface area contributed by atoms with Crippen LogP contribution in [-0.2, 0) is 18.9 Å². The third-order valence-corrected chi connectivity index (χ3v) is 6.13. The van der Waals surface area contributed by atoms with Gasteiger partial charge >= 0.3 is 5.69 Å². The number of carbonyl (C=O) groups excluding carboxylic acids is 1. The normalized spacial score (nSPS) is 19.9. The van der Waals surface area contributed by atoms with Crippen LogP contribution in [0.4, 0.5) is 5.82 Å². The molecule has 1 saturated carbocycles. The second kappa shape index (κ2) is 8.45. The van der Waals surface area contributed by atoms with Crippen LogP contribution in [0.2, 0.25) is 0 Å². The molecule has 8 heteroatoms. The molecule has 30 heavy (non-hydrogen) atoms. The van der Waals surface area contributed by atoms with E-state index in [9.17, 15) is 14.4 Å². The van der Waals surface area contributed by atoms with E-state index in [2.05, 4.69) is 36.3 Å². The minimum absolute atomic E-state index is 0.257. The van der Waals surface area contributed by atoms with E-state index in [1.54, 1.807) is 7.05 Å². The maximum absolute atomic E-state index is 12.2.